The number of nitrogens with zero attached hydrogens (tertiary/aromatic N) is 1. The molecule has 0 amide bonds. The predicted octanol–water partition coefficient (Wildman–Crippen LogP) is 3.97. The third kappa shape index (κ3) is 2.16. The summed E-state index contributed by atoms with van der Waals surface area (Å²) in [5.41, 5.74) is 9.70. The molecule has 3 rings (SSSR count). The van der Waals surface area contributed by atoms with Crippen molar-refractivity contribution in [3.05, 3.63) is 41.3 Å². The van der Waals surface area contributed by atoms with Crippen LogP contribution in [0.5, 0.6) is 5.75 Å². The molecule has 0 aliphatic heterocycles. The van der Waals surface area contributed by atoms with Gasteiger partial charge in [-0.2, -0.15) is 0 Å². The number of nitrogen functional groups attached to an aromatic ring is 1. The smallest absolute Gasteiger partial charge is 0.230 e. The van der Waals surface area contributed by atoms with Gasteiger partial charge in [-0.05, 0) is 12.5 Å². The van der Waals surface area contributed by atoms with Crippen LogP contribution in [0.15, 0.2) is 40.2 Å². The van der Waals surface area contributed by atoms with Gasteiger partial charge in [-0.1, -0.05) is 35.0 Å². The summed E-state index contributed by atoms with van der Waals surface area (Å²) in [6.07, 6.45) is 0. The largest absolute Gasteiger partial charge is 0.496 e. The molecule has 4 nitrogen and oxygen atoms in total. The second kappa shape index (κ2) is 5.02. The van der Waals surface area contributed by atoms with Crippen molar-refractivity contribution in [2.75, 3.05) is 12.8 Å². The van der Waals surface area contributed by atoms with E-state index >= 15 is 0 Å². The summed E-state index contributed by atoms with van der Waals surface area (Å²) in [6, 6.07) is 10.0. The first-order valence-electron chi connectivity index (χ1n) is 6.14. The van der Waals surface area contributed by atoms with Crippen molar-refractivity contribution in [1.29, 1.82) is 0 Å². The molecular formula is C15H14N2O2S. The van der Waals surface area contributed by atoms with Gasteiger partial charge in [-0.15, -0.1) is 11.3 Å². The van der Waals surface area contributed by atoms with Gasteiger partial charge >= 0.3 is 0 Å². The van der Waals surface area contributed by atoms with Crippen LogP contribution in [0.25, 0.3) is 21.7 Å². The maximum Gasteiger partial charge on any atom is 0.230 e. The highest BCUT2D eigenvalue weighted by Crippen LogP contribution is 2.40. The van der Waals surface area contributed by atoms with Crippen molar-refractivity contribution in [3.8, 4) is 27.4 Å². The number of nitrogens with two attached hydrogens (primary N) is 1. The molecule has 0 radical (unpaired) electrons. The summed E-state index contributed by atoms with van der Waals surface area (Å²) in [5, 5.41) is 6.03. The molecule has 2 N–H and O–H groups in total. The number of benzene rings is 1. The molecule has 0 saturated carbocycles. The van der Waals surface area contributed by atoms with Crippen LogP contribution in [0, 0.1) is 6.92 Å². The fourth-order valence-corrected chi connectivity index (χ4v) is 2.94. The Hall–Kier alpha value is -2.27. The summed E-state index contributed by atoms with van der Waals surface area (Å²) in [5.74, 6) is 1.14. The average molecular weight is 286 g/mol. The molecule has 2 aromatic heterocycles. The van der Waals surface area contributed by atoms with E-state index in [0.717, 1.165) is 33.0 Å². The van der Waals surface area contributed by atoms with Crippen LogP contribution in [-0.2, 0) is 0 Å². The summed E-state index contributed by atoms with van der Waals surface area (Å²) in [6.45, 7) is 2.04. The third-order valence-corrected chi connectivity index (χ3v) is 3.99. The first-order valence-corrected chi connectivity index (χ1v) is 7.02. The minimum Gasteiger partial charge on any atom is -0.496 e. The van der Waals surface area contributed by atoms with Gasteiger partial charge in [0, 0.05) is 11.4 Å². The zero-order valence-electron chi connectivity index (χ0n) is 11.2. The van der Waals surface area contributed by atoms with Crippen molar-refractivity contribution in [1.82, 2.24) is 5.16 Å². The number of thiophene rings is 1. The molecule has 5 heteroatoms. The van der Waals surface area contributed by atoms with Crippen molar-refractivity contribution < 1.29 is 9.26 Å². The van der Waals surface area contributed by atoms with Crippen LogP contribution in [0.3, 0.4) is 0 Å². The van der Waals surface area contributed by atoms with Crippen LogP contribution in [0.4, 0.5) is 5.88 Å². The number of ether oxygens (including phenoxy) is 1. The second-order valence-corrected chi connectivity index (χ2v) is 5.40. The molecule has 3 aromatic rings. The molecular weight excluding hydrogens is 272 g/mol. The topological polar surface area (TPSA) is 61.3 Å². The standard InChI is InChI=1S/C15H14N2O2S/c1-9-4-3-5-10(6-9)13-14(17-19-15(13)16)12-7-11(18-2)8-20-12/h3-8H,16H2,1-2H3. The fraction of sp³-hybridized carbons (Fsp3) is 0.133. The van der Waals surface area contributed by atoms with E-state index in [4.69, 9.17) is 15.0 Å². The number of hydrogen-bond donors (Lipinski definition) is 1. The lowest BCUT2D eigenvalue weighted by atomic mass is 10.0. The van der Waals surface area contributed by atoms with Gasteiger partial charge in [-0.3, -0.25) is 0 Å². The molecule has 0 unspecified atom stereocenters. The first-order chi connectivity index (χ1) is 9.69. The minimum absolute atomic E-state index is 0.331. The Bertz CT molecular complexity index is 746. The number of aromatic nitrogens is 1. The van der Waals surface area contributed by atoms with E-state index in [2.05, 4.69) is 11.2 Å². The molecule has 0 aliphatic rings. The number of hydrogen-bond acceptors (Lipinski definition) is 5. The molecule has 20 heavy (non-hydrogen) atoms. The summed E-state index contributed by atoms with van der Waals surface area (Å²) < 4.78 is 10.4. The summed E-state index contributed by atoms with van der Waals surface area (Å²) in [4.78, 5) is 0.971. The van der Waals surface area contributed by atoms with Gasteiger partial charge in [0.15, 0.2) is 0 Å². The Balaban J connectivity index is 2.14. The second-order valence-electron chi connectivity index (χ2n) is 4.49. The maximum absolute atomic E-state index is 5.94. The first kappa shape index (κ1) is 12.7. The monoisotopic (exact) mass is 286 g/mol. The lowest BCUT2D eigenvalue weighted by Gasteiger charge is -2.02. The molecule has 2 heterocycles. The third-order valence-electron chi connectivity index (χ3n) is 3.07. The Morgan fingerprint density at radius 2 is 2.15 bits per heavy atom. The normalized spacial score (nSPS) is 10.7. The van der Waals surface area contributed by atoms with Crippen LogP contribution in [0.1, 0.15) is 5.56 Å². The Morgan fingerprint density at radius 1 is 1.30 bits per heavy atom. The highest BCUT2D eigenvalue weighted by molar-refractivity contribution is 7.13. The number of anilines is 1. The quantitative estimate of drug-likeness (QED) is 0.791. The highest BCUT2D eigenvalue weighted by Gasteiger charge is 2.19. The summed E-state index contributed by atoms with van der Waals surface area (Å²) >= 11 is 1.55. The molecule has 102 valence electrons. The van der Waals surface area contributed by atoms with Crippen LogP contribution in [0.2, 0.25) is 0 Å². The SMILES string of the molecule is COc1csc(-c2noc(N)c2-c2cccc(C)c2)c1. The van der Waals surface area contributed by atoms with E-state index in [9.17, 15) is 0 Å². The average Bonchev–Trinajstić information content (AvgIpc) is 3.04. The molecule has 0 fully saturated rings. The Labute approximate surface area is 120 Å². The van der Waals surface area contributed by atoms with Gasteiger partial charge in [0.05, 0.1) is 17.6 Å². The molecule has 0 bridgehead atoms. The minimum atomic E-state index is 0.331. The van der Waals surface area contributed by atoms with E-state index in [1.165, 1.54) is 0 Å². The zero-order valence-corrected chi connectivity index (χ0v) is 12.0. The van der Waals surface area contributed by atoms with E-state index < -0.39 is 0 Å². The van der Waals surface area contributed by atoms with Crippen LogP contribution >= 0.6 is 11.3 Å². The lowest BCUT2D eigenvalue weighted by molar-refractivity contribution is 0.416. The van der Waals surface area contributed by atoms with Gasteiger partial charge in [0.25, 0.3) is 0 Å². The Kier molecular flexibility index (Phi) is 3.20. The van der Waals surface area contributed by atoms with Crippen molar-refractivity contribution in [3.63, 3.8) is 0 Å². The van der Waals surface area contributed by atoms with Crippen molar-refractivity contribution >= 4 is 17.2 Å². The maximum atomic E-state index is 5.94. The van der Waals surface area contributed by atoms with Gasteiger partial charge in [0.2, 0.25) is 5.88 Å². The number of methoxy groups -OCH3 is 1. The lowest BCUT2D eigenvalue weighted by Crippen LogP contribution is -1.87. The highest BCUT2D eigenvalue weighted by atomic mass is 32.1. The van der Waals surface area contributed by atoms with E-state index in [1.807, 2.05) is 36.6 Å². The van der Waals surface area contributed by atoms with Gasteiger partial charge in [-0.25, -0.2) is 0 Å². The predicted molar refractivity (Wildman–Crippen MR) is 81.0 cm³/mol. The van der Waals surface area contributed by atoms with Crippen LogP contribution in [-0.4, -0.2) is 12.3 Å². The number of aryl methyl sites for hydroxylation is 1. The molecule has 0 saturated heterocycles. The van der Waals surface area contributed by atoms with Crippen molar-refractivity contribution in [2.45, 2.75) is 6.92 Å². The van der Waals surface area contributed by atoms with Gasteiger partial charge in [0.1, 0.15) is 11.4 Å². The fourth-order valence-electron chi connectivity index (χ4n) is 2.10. The van der Waals surface area contributed by atoms with E-state index in [1.54, 1.807) is 18.4 Å². The molecule has 1 aromatic carbocycles. The molecule has 0 aliphatic carbocycles. The van der Waals surface area contributed by atoms with Crippen LogP contribution < -0.4 is 10.5 Å². The van der Waals surface area contributed by atoms with E-state index in [0.29, 0.717) is 5.88 Å². The Morgan fingerprint density at radius 3 is 2.85 bits per heavy atom. The molecule has 0 atom stereocenters. The number of rotatable bonds is 3. The summed E-state index contributed by atoms with van der Waals surface area (Å²) in [7, 11) is 1.64. The molecule has 0 spiro atoms. The van der Waals surface area contributed by atoms with E-state index in [-0.39, 0.29) is 0 Å². The van der Waals surface area contributed by atoms with Gasteiger partial charge < -0.3 is 15.0 Å². The zero-order chi connectivity index (χ0) is 14.1. The van der Waals surface area contributed by atoms with Crippen molar-refractivity contribution in [2.24, 2.45) is 0 Å².